The van der Waals surface area contributed by atoms with Crippen molar-refractivity contribution in [3.63, 3.8) is 0 Å². The number of anilines is 1. The van der Waals surface area contributed by atoms with E-state index in [-0.39, 0.29) is 18.1 Å². The number of non-ortho nitro benzene ring substituents is 1. The van der Waals surface area contributed by atoms with Gasteiger partial charge >= 0.3 is 0 Å². The van der Waals surface area contributed by atoms with Crippen LogP contribution in [-0.4, -0.2) is 54.7 Å². The highest BCUT2D eigenvalue weighted by Gasteiger charge is 2.32. The molecule has 9 nitrogen and oxygen atoms in total. The molecule has 0 aromatic heterocycles. The summed E-state index contributed by atoms with van der Waals surface area (Å²) < 4.78 is 10.9. The summed E-state index contributed by atoms with van der Waals surface area (Å²) in [5, 5.41) is 21.8. The number of aliphatic hydroxyl groups is 1. The van der Waals surface area contributed by atoms with Gasteiger partial charge < -0.3 is 19.5 Å². The molecule has 0 saturated heterocycles. The number of aliphatic hydroxyl groups excluding tert-OH is 1. The second-order valence-electron chi connectivity index (χ2n) is 7.77. The van der Waals surface area contributed by atoms with E-state index in [4.69, 9.17) is 9.47 Å². The molecule has 0 aliphatic carbocycles. The lowest BCUT2D eigenvalue weighted by Gasteiger charge is -2.36. The van der Waals surface area contributed by atoms with Crippen LogP contribution < -0.4 is 14.4 Å². The molecule has 0 spiro atoms. The highest BCUT2D eigenvalue weighted by atomic mass is 16.6. The standard InChI is InChI=1S/C22H25N3O6/c1-30-19-7-8-20(31-2)22-16(19)11-23(12-18(22)26)13-21(27)24-9-3-4-14-10-15(25(28)29)5-6-17(14)24/h5-8,10,18,26H,3-4,9,11-13H2,1-2H3. The van der Waals surface area contributed by atoms with Gasteiger partial charge in [0.15, 0.2) is 0 Å². The number of fused-ring (bicyclic) bond motifs is 2. The van der Waals surface area contributed by atoms with Crippen molar-refractivity contribution >= 4 is 17.3 Å². The lowest BCUT2D eigenvalue weighted by molar-refractivity contribution is -0.384. The van der Waals surface area contributed by atoms with Gasteiger partial charge in [0.1, 0.15) is 11.5 Å². The number of amides is 1. The minimum atomic E-state index is -0.808. The summed E-state index contributed by atoms with van der Waals surface area (Å²) >= 11 is 0. The van der Waals surface area contributed by atoms with Gasteiger partial charge in [0.2, 0.25) is 5.91 Å². The second kappa shape index (κ2) is 8.52. The number of hydrogen-bond donors (Lipinski definition) is 1. The predicted octanol–water partition coefficient (Wildman–Crippen LogP) is 2.44. The summed E-state index contributed by atoms with van der Waals surface area (Å²) in [6, 6.07) is 8.20. The molecule has 164 valence electrons. The van der Waals surface area contributed by atoms with Gasteiger partial charge in [0.25, 0.3) is 5.69 Å². The molecule has 31 heavy (non-hydrogen) atoms. The normalized spacial score (nSPS) is 18.2. The van der Waals surface area contributed by atoms with Crippen LogP contribution in [0.15, 0.2) is 30.3 Å². The number of carbonyl (C=O) groups excluding carboxylic acids is 1. The third-order valence-electron chi connectivity index (χ3n) is 5.91. The van der Waals surface area contributed by atoms with Gasteiger partial charge in [0, 0.05) is 48.6 Å². The number of carbonyl (C=O) groups is 1. The number of nitro benzene ring substituents is 1. The van der Waals surface area contributed by atoms with Crippen LogP contribution in [0.1, 0.15) is 29.2 Å². The Kier molecular flexibility index (Phi) is 5.79. The quantitative estimate of drug-likeness (QED) is 0.577. The molecule has 2 aromatic rings. The average Bonchev–Trinajstić information content (AvgIpc) is 2.77. The van der Waals surface area contributed by atoms with Gasteiger partial charge in [-0.25, -0.2) is 0 Å². The number of aryl methyl sites for hydroxylation is 1. The Balaban J connectivity index is 1.55. The Hall–Kier alpha value is -3.17. The van der Waals surface area contributed by atoms with Gasteiger partial charge in [-0.3, -0.25) is 19.8 Å². The molecule has 1 unspecified atom stereocenters. The van der Waals surface area contributed by atoms with Crippen LogP contribution in [0.2, 0.25) is 0 Å². The largest absolute Gasteiger partial charge is 0.496 e. The number of ether oxygens (including phenoxy) is 2. The second-order valence-corrected chi connectivity index (χ2v) is 7.77. The van der Waals surface area contributed by atoms with Crippen LogP contribution in [-0.2, 0) is 17.8 Å². The summed E-state index contributed by atoms with van der Waals surface area (Å²) in [4.78, 5) is 27.4. The average molecular weight is 427 g/mol. The molecule has 1 atom stereocenters. The molecule has 9 heteroatoms. The zero-order valence-corrected chi connectivity index (χ0v) is 17.5. The molecule has 0 saturated carbocycles. The molecule has 0 fully saturated rings. The maximum absolute atomic E-state index is 13.2. The minimum Gasteiger partial charge on any atom is -0.496 e. The summed E-state index contributed by atoms with van der Waals surface area (Å²) in [6.07, 6.45) is 0.641. The molecule has 1 amide bonds. The first-order valence-electron chi connectivity index (χ1n) is 10.1. The van der Waals surface area contributed by atoms with Crippen molar-refractivity contribution in [2.75, 3.05) is 38.8 Å². The number of methoxy groups -OCH3 is 2. The monoisotopic (exact) mass is 427 g/mol. The Bertz CT molecular complexity index is 1020. The van der Waals surface area contributed by atoms with Crippen molar-refractivity contribution < 1.29 is 24.3 Å². The molecule has 1 N–H and O–H groups in total. The van der Waals surface area contributed by atoms with Crippen LogP contribution in [0.4, 0.5) is 11.4 Å². The Morgan fingerprint density at radius 1 is 1.23 bits per heavy atom. The van der Waals surface area contributed by atoms with Crippen LogP contribution in [0.25, 0.3) is 0 Å². The predicted molar refractivity (Wildman–Crippen MR) is 114 cm³/mol. The molecule has 0 bridgehead atoms. The fourth-order valence-corrected chi connectivity index (χ4v) is 4.50. The van der Waals surface area contributed by atoms with Crippen molar-refractivity contribution in [3.05, 3.63) is 57.1 Å². The minimum absolute atomic E-state index is 0.0323. The smallest absolute Gasteiger partial charge is 0.269 e. The summed E-state index contributed by atoms with van der Waals surface area (Å²) in [7, 11) is 3.13. The van der Waals surface area contributed by atoms with Gasteiger partial charge in [0.05, 0.1) is 31.8 Å². The number of nitrogens with zero attached hydrogens (tertiary/aromatic N) is 3. The van der Waals surface area contributed by atoms with E-state index < -0.39 is 11.0 Å². The van der Waals surface area contributed by atoms with Crippen LogP contribution >= 0.6 is 0 Å². The van der Waals surface area contributed by atoms with Crippen molar-refractivity contribution in [3.8, 4) is 11.5 Å². The van der Waals surface area contributed by atoms with Crippen LogP contribution in [0.3, 0.4) is 0 Å². The SMILES string of the molecule is COc1ccc(OC)c2c1CN(CC(=O)N1CCCc3cc([N+](=O)[O-])ccc31)CC2O. The van der Waals surface area contributed by atoms with Gasteiger partial charge in [-0.1, -0.05) is 0 Å². The van der Waals surface area contributed by atoms with E-state index in [1.165, 1.54) is 6.07 Å². The summed E-state index contributed by atoms with van der Waals surface area (Å²) in [5.41, 5.74) is 3.07. The van der Waals surface area contributed by atoms with E-state index in [1.54, 1.807) is 43.4 Å². The van der Waals surface area contributed by atoms with E-state index in [0.717, 1.165) is 23.2 Å². The Labute approximate surface area is 179 Å². The molecule has 2 aromatic carbocycles. The first-order valence-corrected chi connectivity index (χ1v) is 10.1. The fraction of sp³-hybridized carbons (Fsp3) is 0.409. The Morgan fingerprint density at radius 2 is 1.97 bits per heavy atom. The maximum Gasteiger partial charge on any atom is 0.269 e. The van der Waals surface area contributed by atoms with E-state index in [1.807, 2.05) is 4.90 Å². The van der Waals surface area contributed by atoms with Crippen molar-refractivity contribution in [1.29, 1.82) is 0 Å². The first-order chi connectivity index (χ1) is 14.9. The highest BCUT2D eigenvalue weighted by molar-refractivity contribution is 5.96. The topological polar surface area (TPSA) is 105 Å². The third kappa shape index (κ3) is 3.94. The zero-order chi connectivity index (χ0) is 22.1. The number of benzene rings is 2. The van der Waals surface area contributed by atoms with Crippen LogP contribution in [0, 0.1) is 10.1 Å². The van der Waals surface area contributed by atoms with Crippen molar-refractivity contribution in [2.24, 2.45) is 0 Å². The molecule has 0 radical (unpaired) electrons. The number of rotatable bonds is 5. The van der Waals surface area contributed by atoms with E-state index in [9.17, 15) is 20.0 Å². The van der Waals surface area contributed by atoms with E-state index in [2.05, 4.69) is 0 Å². The van der Waals surface area contributed by atoms with Gasteiger partial charge in [-0.2, -0.15) is 0 Å². The zero-order valence-electron chi connectivity index (χ0n) is 17.5. The summed E-state index contributed by atoms with van der Waals surface area (Å²) in [5.74, 6) is 1.13. The number of β-amino-alcohol motifs (C(OH)–C–C–N with tert-alkyl or cyclic N) is 1. The molecule has 2 heterocycles. The molecule has 2 aliphatic rings. The van der Waals surface area contributed by atoms with Gasteiger partial charge in [-0.15, -0.1) is 0 Å². The van der Waals surface area contributed by atoms with Crippen molar-refractivity contribution in [2.45, 2.75) is 25.5 Å². The van der Waals surface area contributed by atoms with E-state index >= 15 is 0 Å². The molecule has 4 rings (SSSR count). The van der Waals surface area contributed by atoms with Crippen molar-refractivity contribution in [1.82, 2.24) is 4.90 Å². The summed E-state index contributed by atoms with van der Waals surface area (Å²) in [6.45, 7) is 1.42. The first kappa shape index (κ1) is 21.1. The number of hydrogen-bond acceptors (Lipinski definition) is 7. The third-order valence-corrected chi connectivity index (χ3v) is 5.91. The lowest BCUT2D eigenvalue weighted by Crippen LogP contribution is -2.45. The molecule has 2 aliphatic heterocycles. The van der Waals surface area contributed by atoms with E-state index in [0.29, 0.717) is 43.1 Å². The lowest BCUT2D eigenvalue weighted by atomic mass is 9.95. The molecular formula is C22H25N3O6. The van der Waals surface area contributed by atoms with Crippen LogP contribution in [0.5, 0.6) is 11.5 Å². The van der Waals surface area contributed by atoms with Gasteiger partial charge in [-0.05, 0) is 36.6 Å². The highest BCUT2D eigenvalue weighted by Crippen LogP contribution is 2.39. The maximum atomic E-state index is 13.2. The number of nitro groups is 1. The molecular weight excluding hydrogens is 402 g/mol. The fourth-order valence-electron chi connectivity index (χ4n) is 4.50. The Morgan fingerprint density at radius 3 is 2.68 bits per heavy atom.